The quantitative estimate of drug-likeness (QED) is 0.893. The lowest BCUT2D eigenvalue weighted by Crippen LogP contribution is -2.28. The van der Waals surface area contributed by atoms with E-state index >= 15 is 0 Å². The molecule has 1 unspecified atom stereocenters. The maximum absolute atomic E-state index is 11.9. The number of nitrogens with one attached hydrogen (secondary N) is 1. The van der Waals surface area contributed by atoms with Crippen LogP contribution in [0.1, 0.15) is 31.1 Å². The Morgan fingerprint density at radius 2 is 2.05 bits per heavy atom. The molecule has 2 aromatic rings. The Labute approximate surface area is 113 Å². The second-order valence-corrected chi connectivity index (χ2v) is 4.55. The summed E-state index contributed by atoms with van der Waals surface area (Å²) in [4.78, 5) is 11.9. The second kappa shape index (κ2) is 6.18. The van der Waals surface area contributed by atoms with Crippen LogP contribution in [0.15, 0.2) is 42.6 Å². The Morgan fingerprint density at radius 3 is 2.68 bits per heavy atom. The van der Waals surface area contributed by atoms with E-state index in [2.05, 4.69) is 10.4 Å². The lowest BCUT2D eigenvalue weighted by atomic mass is 10.1. The van der Waals surface area contributed by atoms with Gasteiger partial charge in [0.25, 0.3) is 0 Å². The summed E-state index contributed by atoms with van der Waals surface area (Å²) < 4.78 is 1.86. The molecule has 19 heavy (non-hydrogen) atoms. The summed E-state index contributed by atoms with van der Waals surface area (Å²) in [5.74, 6) is 0.0183. The molecule has 0 radical (unpaired) electrons. The van der Waals surface area contributed by atoms with E-state index in [0.717, 1.165) is 17.8 Å². The topological polar surface area (TPSA) is 46.9 Å². The minimum absolute atomic E-state index is 0.0183. The highest BCUT2D eigenvalue weighted by atomic mass is 16.1. The van der Waals surface area contributed by atoms with Crippen LogP contribution in [0.2, 0.25) is 0 Å². The van der Waals surface area contributed by atoms with Gasteiger partial charge in [-0.05, 0) is 25.5 Å². The number of carbonyl (C=O) groups is 1. The van der Waals surface area contributed by atoms with Crippen LogP contribution in [0.5, 0.6) is 0 Å². The summed E-state index contributed by atoms with van der Waals surface area (Å²) in [5.41, 5.74) is 1.91. The molecule has 0 saturated heterocycles. The Bertz CT molecular complexity index is 533. The molecular weight excluding hydrogens is 238 g/mol. The zero-order valence-corrected chi connectivity index (χ0v) is 11.3. The lowest BCUT2D eigenvalue weighted by Gasteiger charge is -2.11. The van der Waals surface area contributed by atoms with Crippen LogP contribution in [0.4, 0.5) is 0 Å². The van der Waals surface area contributed by atoms with Crippen LogP contribution in [0, 0.1) is 0 Å². The molecule has 0 aliphatic rings. The van der Waals surface area contributed by atoms with Gasteiger partial charge in [-0.2, -0.15) is 5.10 Å². The van der Waals surface area contributed by atoms with Crippen LogP contribution in [-0.2, 0) is 17.8 Å². The number of aromatic nitrogens is 2. The fraction of sp³-hybridized carbons (Fsp3) is 0.333. The molecule has 1 heterocycles. The third-order valence-corrected chi connectivity index (χ3v) is 3.01. The summed E-state index contributed by atoms with van der Waals surface area (Å²) in [6.45, 7) is 4.82. The Balaban J connectivity index is 1.91. The highest BCUT2D eigenvalue weighted by Gasteiger charge is 2.12. The van der Waals surface area contributed by atoms with E-state index in [1.54, 1.807) is 0 Å². The Hall–Kier alpha value is -2.10. The van der Waals surface area contributed by atoms with Crippen LogP contribution in [-0.4, -0.2) is 15.7 Å². The van der Waals surface area contributed by atoms with Crippen molar-refractivity contribution >= 4 is 5.91 Å². The summed E-state index contributed by atoms with van der Waals surface area (Å²) in [6, 6.07) is 11.6. The summed E-state index contributed by atoms with van der Waals surface area (Å²) in [7, 11) is 0. The first-order chi connectivity index (χ1) is 9.19. The van der Waals surface area contributed by atoms with Gasteiger partial charge in [0.05, 0.1) is 18.2 Å². The van der Waals surface area contributed by atoms with Crippen LogP contribution < -0.4 is 5.32 Å². The predicted octanol–water partition coefficient (Wildman–Crippen LogP) is 2.32. The SMILES string of the molecule is CCn1ccc(C(C)NC(=O)Cc2ccccc2)n1. The van der Waals surface area contributed by atoms with Gasteiger partial charge in [0.2, 0.25) is 5.91 Å². The van der Waals surface area contributed by atoms with Gasteiger partial charge in [-0.1, -0.05) is 30.3 Å². The van der Waals surface area contributed by atoms with Crippen molar-refractivity contribution in [2.24, 2.45) is 0 Å². The van der Waals surface area contributed by atoms with E-state index in [1.165, 1.54) is 0 Å². The van der Waals surface area contributed by atoms with Crippen LogP contribution in [0.3, 0.4) is 0 Å². The largest absolute Gasteiger partial charge is 0.348 e. The molecule has 1 amide bonds. The highest BCUT2D eigenvalue weighted by Crippen LogP contribution is 2.09. The molecule has 2 rings (SSSR count). The average molecular weight is 257 g/mol. The summed E-state index contributed by atoms with van der Waals surface area (Å²) >= 11 is 0. The summed E-state index contributed by atoms with van der Waals surface area (Å²) in [6.07, 6.45) is 2.33. The Morgan fingerprint density at radius 1 is 1.32 bits per heavy atom. The summed E-state index contributed by atoms with van der Waals surface area (Å²) in [5, 5.41) is 7.36. The van der Waals surface area contributed by atoms with Crippen molar-refractivity contribution in [2.75, 3.05) is 0 Å². The van der Waals surface area contributed by atoms with E-state index in [-0.39, 0.29) is 11.9 Å². The van der Waals surface area contributed by atoms with Crippen LogP contribution in [0.25, 0.3) is 0 Å². The molecule has 0 bridgehead atoms. The van der Waals surface area contributed by atoms with Crippen molar-refractivity contribution in [1.29, 1.82) is 0 Å². The van der Waals surface area contributed by atoms with Crippen LogP contribution >= 0.6 is 0 Å². The number of hydrogen-bond donors (Lipinski definition) is 1. The van der Waals surface area contributed by atoms with E-state index < -0.39 is 0 Å². The zero-order valence-electron chi connectivity index (χ0n) is 11.3. The maximum Gasteiger partial charge on any atom is 0.224 e. The van der Waals surface area contributed by atoms with Crippen molar-refractivity contribution in [3.05, 3.63) is 53.9 Å². The first-order valence-electron chi connectivity index (χ1n) is 6.55. The Kier molecular flexibility index (Phi) is 4.34. The molecule has 1 atom stereocenters. The standard InChI is InChI=1S/C15H19N3O/c1-3-18-10-9-14(17-18)12(2)16-15(19)11-13-7-5-4-6-8-13/h4-10,12H,3,11H2,1-2H3,(H,16,19). The van der Waals surface area contributed by atoms with Gasteiger partial charge in [0.15, 0.2) is 0 Å². The van der Waals surface area contributed by atoms with Gasteiger partial charge in [-0.15, -0.1) is 0 Å². The number of nitrogens with zero attached hydrogens (tertiary/aromatic N) is 2. The lowest BCUT2D eigenvalue weighted by molar-refractivity contribution is -0.121. The van der Waals surface area contributed by atoms with Gasteiger partial charge >= 0.3 is 0 Å². The normalized spacial score (nSPS) is 12.1. The van der Waals surface area contributed by atoms with E-state index in [9.17, 15) is 4.79 Å². The fourth-order valence-corrected chi connectivity index (χ4v) is 1.93. The first-order valence-corrected chi connectivity index (χ1v) is 6.55. The monoisotopic (exact) mass is 257 g/mol. The third kappa shape index (κ3) is 3.68. The van der Waals surface area contributed by atoms with Gasteiger partial charge in [0, 0.05) is 12.7 Å². The number of aryl methyl sites for hydroxylation is 1. The molecule has 0 aliphatic heterocycles. The van der Waals surface area contributed by atoms with Gasteiger partial charge in [-0.25, -0.2) is 0 Å². The van der Waals surface area contributed by atoms with E-state index in [4.69, 9.17) is 0 Å². The van der Waals surface area contributed by atoms with Crippen molar-refractivity contribution in [1.82, 2.24) is 15.1 Å². The molecule has 0 saturated carbocycles. The molecule has 1 aromatic heterocycles. The minimum Gasteiger partial charge on any atom is -0.348 e. The molecule has 0 fully saturated rings. The number of carbonyl (C=O) groups excluding carboxylic acids is 1. The van der Waals surface area contributed by atoms with E-state index in [0.29, 0.717) is 6.42 Å². The van der Waals surface area contributed by atoms with Crippen molar-refractivity contribution in [3.8, 4) is 0 Å². The third-order valence-electron chi connectivity index (χ3n) is 3.01. The number of rotatable bonds is 5. The number of amides is 1. The zero-order chi connectivity index (χ0) is 13.7. The second-order valence-electron chi connectivity index (χ2n) is 4.55. The van der Waals surface area contributed by atoms with Crippen molar-refractivity contribution in [2.45, 2.75) is 32.9 Å². The molecular formula is C15H19N3O. The smallest absolute Gasteiger partial charge is 0.224 e. The highest BCUT2D eigenvalue weighted by molar-refractivity contribution is 5.78. The molecule has 4 heteroatoms. The van der Waals surface area contributed by atoms with Gasteiger partial charge in [-0.3, -0.25) is 9.48 Å². The number of hydrogen-bond acceptors (Lipinski definition) is 2. The van der Waals surface area contributed by atoms with Crippen molar-refractivity contribution in [3.63, 3.8) is 0 Å². The molecule has 100 valence electrons. The minimum atomic E-state index is -0.0657. The van der Waals surface area contributed by atoms with Crippen molar-refractivity contribution < 1.29 is 4.79 Å². The molecule has 1 aromatic carbocycles. The molecule has 0 spiro atoms. The molecule has 4 nitrogen and oxygen atoms in total. The average Bonchev–Trinajstić information content (AvgIpc) is 2.88. The maximum atomic E-state index is 11.9. The van der Waals surface area contributed by atoms with Gasteiger partial charge in [0.1, 0.15) is 0 Å². The number of benzene rings is 1. The first kappa shape index (κ1) is 13.3. The molecule has 0 aliphatic carbocycles. The van der Waals surface area contributed by atoms with E-state index in [1.807, 2.05) is 61.1 Å². The van der Waals surface area contributed by atoms with Gasteiger partial charge < -0.3 is 5.32 Å². The molecule has 1 N–H and O–H groups in total. The fourth-order valence-electron chi connectivity index (χ4n) is 1.93. The predicted molar refractivity (Wildman–Crippen MR) is 74.6 cm³/mol.